The molecule has 9 heteroatoms. The van der Waals surface area contributed by atoms with Crippen molar-refractivity contribution in [2.24, 2.45) is 0 Å². The Balaban J connectivity index is 2.81. The molecule has 20 heavy (non-hydrogen) atoms. The molecule has 0 saturated heterocycles. The normalized spacial score (nSPS) is 11.6. The molecular weight excluding hydrogens is 286 g/mol. The van der Waals surface area contributed by atoms with Crippen molar-refractivity contribution in [3.05, 3.63) is 34.1 Å². The van der Waals surface area contributed by atoms with Gasteiger partial charge in [0.25, 0.3) is 15.7 Å². The van der Waals surface area contributed by atoms with Crippen LogP contribution in [0.4, 0.5) is 5.69 Å². The summed E-state index contributed by atoms with van der Waals surface area (Å²) in [5.41, 5.74) is 0.0756. The lowest BCUT2D eigenvalue weighted by Gasteiger charge is -2.10. The van der Waals surface area contributed by atoms with Crippen LogP contribution in [-0.4, -0.2) is 29.7 Å². The lowest BCUT2D eigenvalue weighted by atomic mass is 10.3. The van der Waals surface area contributed by atoms with Crippen molar-refractivity contribution in [2.45, 2.75) is 18.7 Å². The molecule has 0 spiro atoms. The SMILES string of the molecule is CNc1c(S(=O)(=O)O)ccn(-c2c(C)noc2C)c1=O. The van der Waals surface area contributed by atoms with Crippen molar-refractivity contribution < 1.29 is 17.5 Å². The first-order valence-corrected chi connectivity index (χ1v) is 7.05. The van der Waals surface area contributed by atoms with E-state index >= 15 is 0 Å². The number of aromatic nitrogens is 2. The molecule has 2 rings (SSSR count). The van der Waals surface area contributed by atoms with Crippen molar-refractivity contribution in [3.63, 3.8) is 0 Å². The second-order valence-corrected chi connectivity index (χ2v) is 5.52. The van der Waals surface area contributed by atoms with Gasteiger partial charge in [0.2, 0.25) is 0 Å². The Morgan fingerprint density at radius 2 is 2.05 bits per heavy atom. The monoisotopic (exact) mass is 299 g/mol. The van der Waals surface area contributed by atoms with Crippen molar-refractivity contribution in [1.29, 1.82) is 0 Å². The molecule has 0 aromatic carbocycles. The summed E-state index contributed by atoms with van der Waals surface area (Å²) >= 11 is 0. The fourth-order valence-electron chi connectivity index (χ4n) is 1.96. The van der Waals surface area contributed by atoms with E-state index in [0.29, 0.717) is 17.1 Å². The van der Waals surface area contributed by atoms with Crippen LogP contribution in [0.3, 0.4) is 0 Å². The van der Waals surface area contributed by atoms with Gasteiger partial charge in [-0.3, -0.25) is 13.9 Å². The summed E-state index contributed by atoms with van der Waals surface area (Å²) in [4.78, 5) is 11.8. The molecule has 2 heterocycles. The minimum Gasteiger partial charge on any atom is -0.383 e. The Bertz CT molecular complexity index is 800. The van der Waals surface area contributed by atoms with E-state index in [1.54, 1.807) is 13.8 Å². The van der Waals surface area contributed by atoms with Crippen molar-refractivity contribution in [1.82, 2.24) is 9.72 Å². The Morgan fingerprint density at radius 1 is 1.40 bits per heavy atom. The van der Waals surface area contributed by atoms with E-state index in [2.05, 4.69) is 10.5 Å². The molecule has 0 radical (unpaired) electrons. The first kappa shape index (κ1) is 14.3. The van der Waals surface area contributed by atoms with Gasteiger partial charge in [-0.25, -0.2) is 0 Å². The van der Waals surface area contributed by atoms with Crippen LogP contribution >= 0.6 is 0 Å². The number of aryl methyl sites for hydroxylation is 2. The van der Waals surface area contributed by atoms with E-state index in [-0.39, 0.29) is 5.69 Å². The van der Waals surface area contributed by atoms with Gasteiger partial charge in [-0.15, -0.1) is 0 Å². The lowest BCUT2D eigenvalue weighted by molar-refractivity contribution is 0.393. The van der Waals surface area contributed by atoms with Gasteiger partial charge in [0, 0.05) is 13.2 Å². The maximum atomic E-state index is 12.3. The molecule has 0 atom stereocenters. The lowest BCUT2D eigenvalue weighted by Crippen LogP contribution is -2.24. The predicted molar refractivity (Wildman–Crippen MR) is 70.9 cm³/mol. The third-order valence-electron chi connectivity index (χ3n) is 2.82. The topological polar surface area (TPSA) is 114 Å². The van der Waals surface area contributed by atoms with Crippen LogP contribution in [0.5, 0.6) is 0 Å². The first-order valence-electron chi connectivity index (χ1n) is 5.61. The van der Waals surface area contributed by atoms with Gasteiger partial charge >= 0.3 is 0 Å². The molecule has 0 aliphatic heterocycles. The molecular formula is C11H13N3O5S. The Kier molecular flexibility index (Phi) is 3.40. The molecule has 0 amide bonds. The number of pyridine rings is 1. The van der Waals surface area contributed by atoms with E-state index in [0.717, 1.165) is 6.07 Å². The smallest absolute Gasteiger partial charge is 0.296 e. The standard InChI is InChI=1S/C11H13N3O5S/c1-6-10(7(2)19-13-6)14-5-4-8(20(16,17)18)9(12-3)11(14)15/h4-5,12H,1-3H3,(H,16,17,18). The van der Waals surface area contributed by atoms with E-state index in [1.165, 1.54) is 17.8 Å². The Labute approximate surface area is 114 Å². The summed E-state index contributed by atoms with van der Waals surface area (Å²) in [6.07, 6.45) is 1.25. The average molecular weight is 299 g/mol. The summed E-state index contributed by atoms with van der Waals surface area (Å²) < 4.78 is 37.8. The second kappa shape index (κ2) is 4.76. The molecule has 108 valence electrons. The second-order valence-electron chi connectivity index (χ2n) is 4.13. The highest BCUT2D eigenvalue weighted by molar-refractivity contribution is 7.86. The highest BCUT2D eigenvalue weighted by Gasteiger charge is 2.21. The minimum absolute atomic E-state index is 0.227. The first-order chi connectivity index (χ1) is 9.27. The maximum absolute atomic E-state index is 12.3. The molecule has 0 aliphatic carbocycles. The van der Waals surface area contributed by atoms with Gasteiger partial charge in [-0.1, -0.05) is 5.16 Å². The summed E-state index contributed by atoms with van der Waals surface area (Å²) in [6.45, 7) is 3.30. The summed E-state index contributed by atoms with van der Waals surface area (Å²) in [5, 5.41) is 6.23. The zero-order chi connectivity index (χ0) is 15.1. The summed E-state index contributed by atoms with van der Waals surface area (Å²) in [6, 6.07) is 1.13. The molecule has 0 aliphatic rings. The fraction of sp³-hybridized carbons (Fsp3) is 0.273. The minimum atomic E-state index is -4.49. The number of anilines is 1. The van der Waals surface area contributed by atoms with Crippen LogP contribution in [0.15, 0.2) is 26.5 Å². The van der Waals surface area contributed by atoms with Crippen LogP contribution in [0, 0.1) is 13.8 Å². The third kappa shape index (κ3) is 2.21. The molecule has 0 bridgehead atoms. The van der Waals surface area contributed by atoms with Crippen molar-refractivity contribution in [3.8, 4) is 5.69 Å². The van der Waals surface area contributed by atoms with E-state index < -0.39 is 20.6 Å². The largest absolute Gasteiger partial charge is 0.383 e. The van der Waals surface area contributed by atoms with Gasteiger partial charge in [0.1, 0.15) is 22.0 Å². The van der Waals surface area contributed by atoms with Crippen LogP contribution < -0.4 is 10.9 Å². The number of rotatable bonds is 3. The summed E-state index contributed by atoms with van der Waals surface area (Å²) in [5.74, 6) is 0.422. The zero-order valence-corrected chi connectivity index (χ0v) is 11.9. The molecule has 2 N–H and O–H groups in total. The third-order valence-corrected chi connectivity index (χ3v) is 3.71. The van der Waals surface area contributed by atoms with Crippen molar-refractivity contribution >= 4 is 15.8 Å². The molecule has 8 nitrogen and oxygen atoms in total. The number of hydrogen-bond acceptors (Lipinski definition) is 6. The van der Waals surface area contributed by atoms with Crippen LogP contribution in [0.25, 0.3) is 5.69 Å². The fourth-order valence-corrected chi connectivity index (χ4v) is 2.64. The van der Waals surface area contributed by atoms with Crippen molar-refractivity contribution in [2.75, 3.05) is 12.4 Å². The van der Waals surface area contributed by atoms with Gasteiger partial charge in [0.15, 0.2) is 5.76 Å². The number of nitrogens with one attached hydrogen (secondary N) is 1. The highest BCUT2D eigenvalue weighted by atomic mass is 32.2. The van der Waals surface area contributed by atoms with Crippen LogP contribution in [0.2, 0.25) is 0 Å². The van der Waals surface area contributed by atoms with Gasteiger partial charge < -0.3 is 9.84 Å². The molecule has 0 fully saturated rings. The quantitative estimate of drug-likeness (QED) is 0.803. The maximum Gasteiger partial charge on any atom is 0.296 e. The number of nitrogens with zero attached hydrogens (tertiary/aromatic N) is 2. The average Bonchev–Trinajstić information content (AvgIpc) is 2.68. The van der Waals surface area contributed by atoms with Gasteiger partial charge in [-0.2, -0.15) is 8.42 Å². The van der Waals surface area contributed by atoms with E-state index in [9.17, 15) is 13.2 Å². The molecule has 0 unspecified atom stereocenters. The Hall–Kier alpha value is -2.13. The summed E-state index contributed by atoms with van der Waals surface area (Å²) in [7, 11) is -3.10. The van der Waals surface area contributed by atoms with Crippen LogP contribution in [-0.2, 0) is 10.1 Å². The van der Waals surface area contributed by atoms with E-state index in [4.69, 9.17) is 9.08 Å². The predicted octanol–water partition coefficient (Wildman–Crippen LogP) is 0.731. The molecule has 2 aromatic heterocycles. The Morgan fingerprint density at radius 3 is 2.50 bits per heavy atom. The zero-order valence-electron chi connectivity index (χ0n) is 11.0. The van der Waals surface area contributed by atoms with E-state index in [1.807, 2.05) is 0 Å². The van der Waals surface area contributed by atoms with Gasteiger partial charge in [0.05, 0.1) is 0 Å². The highest BCUT2D eigenvalue weighted by Crippen LogP contribution is 2.20. The van der Waals surface area contributed by atoms with Gasteiger partial charge in [-0.05, 0) is 19.9 Å². The molecule has 0 saturated carbocycles. The molecule has 2 aromatic rings. The van der Waals surface area contributed by atoms with Crippen LogP contribution in [0.1, 0.15) is 11.5 Å². The number of hydrogen-bond donors (Lipinski definition) is 2.